The van der Waals surface area contributed by atoms with Gasteiger partial charge in [-0.1, -0.05) is 0 Å². The third-order valence-corrected chi connectivity index (χ3v) is 8.55. The Kier molecular flexibility index (Phi) is 10.3. The van der Waals surface area contributed by atoms with Gasteiger partial charge >= 0.3 is 0 Å². The highest BCUT2D eigenvalue weighted by Gasteiger charge is 2.19. The van der Waals surface area contributed by atoms with Crippen molar-refractivity contribution in [3.05, 3.63) is 57.0 Å². The van der Waals surface area contributed by atoms with Crippen LogP contribution < -0.4 is 0 Å². The second-order valence-electron chi connectivity index (χ2n) is 5.92. The maximum atomic E-state index is 10.9. The van der Waals surface area contributed by atoms with E-state index in [1.54, 1.807) is 38.4 Å². The first-order valence-corrected chi connectivity index (χ1v) is 14.2. The maximum Gasteiger partial charge on any atom is 0.235 e. The number of rotatable bonds is 6. The van der Waals surface area contributed by atoms with Crippen molar-refractivity contribution < 1.29 is 16.8 Å². The number of halogens is 4. The summed E-state index contributed by atoms with van der Waals surface area (Å²) in [6.07, 6.45) is 3.92. The first-order valence-electron chi connectivity index (χ1n) is 7.87. The molecule has 0 saturated heterocycles. The summed E-state index contributed by atoms with van der Waals surface area (Å²) in [5.74, 6) is 0. The predicted molar refractivity (Wildman–Crippen MR) is 120 cm³/mol. The van der Waals surface area contributed by atoms with Crippen LogP contribution in [0.15, 0.2) is 45.6 Å². The Bertz CT molecular complexity index is 889. The molecule has 0 aliphatic rings. The Morgan fingerprint density at radius 1 is 0.786 bits per heavy atom. The Labute approximate surface area is 191 Å². The largest absolute Gasteiger partial charge is 0.260 e. The van der Waals surface area contributed by atoms with Crippen LogP contribution in [0.4, 0.5) is 0 Å². The van der Waals surface area contributed by atoms with Gasteiger partial charge in [-0.2, -0.15) is 0 Å². The van der Waals surface area contributed by atoms with E-state index in [9.17, 15) is 16.8 Å². The van der Waals surface area contributed by atoms with Gasteiger partial charge in [0.2, 0.25) is 18.1 Å². The van der Waals surface area contributed by atoms with E-state index in [0.717, 1.165) is 8.95 Å². The lowest BCUT2D eigenvalue weighted by Gasteiger charge is -2.06. The minimum Gasteiger partial charge on any atom is -0.260 e. The molecule has 28 heavy (non-hydrogen) atoms. The average Bonchev–Trinajstić information content (AvgIpc) is 2.58. The Balaban J connectivity index is 0.000000280. The summed E-state index contributed by atoms with van der Waals surface area (Å²) in [4.78, 5) is 8.12. The molecule has 0 spiro atoms. The molecule has 2 aromatic heterocycles. The third kappa shape index (κ3) is 9.98. The van der Waals surface area contributed by atoms with Crippen molar-refractivity contribution in [3.63, 3.8) is 0 Å². The quantitative estimate of drug-likeness (QED) is 0.449. The molecule has 12 heteroatoms. The van der Waals surface area contributed by atoms with Crippen LogP contribution in [0.2, 0.25) is 0 Å². The summed E-state index contributed by atoms with van der Waals surface area (Å²) in [7, 11) is 3.42. The first-order chi connectivity index (χ1) is 12.8. The normalized spacial score (nSPS) is 13.9. The van der Waals surface area contributed by atoms with Crippen LogP contribution in [0, 0.1) is 0 Å². The van der Waals surface area contributed by atoms with E-state index >= 15 is 0 Å². The molecule has 0 aromatic carbocycles. The van der Waals surface area contributed by atoms with Crippen molar-refractivity contribution in [2.75, 3.05) is 0 Å². The molecule has 2 rings (SSSR count). The molecular weight excluding hydrogens is 579 g/mol. The van der Waals surface area contributed by atoms with E-state index in [4.69, 9.17) is 21.4 Å². The zero-order chi connectivity index (χ0) is 21.5. The summed E-state index contributed by atoms with van der Waals surface area (Å²) in [5, 5.41) is -1.23. The van der Waals surface area contributed by atoms with Gasteiger partial charge in [0, 0.05) is 66.9 Å². The van der Waals surface area contributed by atoms with Crippen LogP contribution in [0.25, 0.3) is 0 Å². The smallest absolute Gasteiger partial charge is 0.235 e. The summed E-state index contributed by atoms with van der Waals surface area (Å²) >= 11 is 6.49. The second-order valence-corrected chi connectivity index (χ2v) is 13.8. The minimum absolute atomic E-state index is 0.332. The van der Waals surface area contributed by atoms with E-state index in [1.807, 2.05) is 12.1 Å². The van der Waals surface area contributed by atoms with Crippen molar-refractivity contribution in [1.82, 2.24) is 9.97 Å². The molecule has 0 saturated carbocycles. The Hall–Kier alpha value is -0.260. The molecule has 0 radical (unpaired) electrons. The summed E-state index contributed by atoms with van der Waals surface area (Å²) in [6, 6.07) is 7.16. The van der Waals surface area contributed by atoms with Gasteiger partial charge in [0.15, 0.2) is 0 Å². The molecule has 0 N–H and O–H groups in total. The number of pyridine rings is 2. The van der Waals surface area contributed by atoms with Crippen LogP contribution in [0.3, 0.4) is 0 Å². The Morgan fingerprint density at radius 3 is 1.32 bits per heavy atom. The van der Waals surface area contributed by atoms with Crippen molar-refractivity contribution >= 4 is 71.3 Å². The standard InChI is InChI=1S/2C8H9BrClNO2S/c2*1-6(14(10,12)13)4-8-3-2-7(9)5-11-8/h2*2-3,5-6H,4H2,1H3/t2*6-/m10/s1. The molecule has 2 aromatic rings. The van der Waals surface area contributed by atoms with Crippen LogP contribution in [0.5, 0.6) is 0 Å². The van der Waals surface area contributed by atoms with Crippen molar-refractivity contribution in [2.45, 2.75) is 37.2 Å². The number of nitrogens with zero attached hydrogens (tertiary/aromatic N) is 2. The van der Waals surface area contributed by atoms with E-state index < -0.39 is 28.6 Å². The molecule has 0 aliphatic carbocycles. The monoisotopic (exact) mass is 594 g/mol. The average molecular weight is 597 g/mol. The molecule has 0 bridgehead atoms. The first kappa shape index (κ1) is 25.8. The van der Waals surface area contributed by atoms with Crippen LogP contribution in [-0.2, 0) is 30.9 Å². The number of hydrogen-bond acceptors (Lipinski definition) is 6. The van der Waals surface area contributed by atoms with Gasteiger partial charge in [0.05, 0.1) is 10.5 Å². The van der Waals surface area contributed by atoms with Crippen molar-refractivity contribution in [3.8, 4) is 0 Å². The molecule has 6 nitrogen and oxygen atoms in total. The third-order valence-electron chi connectivity index (χ3n) is 3.53. The van der Waals surface area contributed by atoms with Gasteiger partial charge in [0.25, 0.3) is 0 Å². The van der Waals surface area contributed by atoms with E-state index in [-0.39, 0.29) is 0 Å². The minimum atomic E-state index is -3.49. The zero-order valence-corrected chi connectivity index (χ0v) is 21.2. The fraction of sp³-hybridized carbons (Fsp3) is 0.375. The molecule has 0 aliphatic heterocycles. The van der Waals surface area contributed by atoms with Crippen LogP contribution in [-0.4, -0.2) is 37.3 Å². The van der Waals surface area contributed by atoms with Gasteiger partial charge in [-0.15, -0.1) is 0 Å². The molecule has 2 atom stereocenters. The van der Waals surface area contributed by atoms with Gasteiger partial charge in [0.1, 0.15) is 0 Å². The highest BCUT2D eigenvalue weighted by Crippen LogP contribution is 2.15. The number of hydrogen-bond donors (Lipinski definition) is 0. The lowest BCUT2D eigenvalue weighted by atomic mass is 10.2. The van der Waals surface area contributed by atoms with E-state index in [1.165, 1.54) is 0 Å². The summed E-state index contributed by atoms with van der Waals surface area (Å²) in [5.41, 5.74) is 1.43. The molecule has 2 heterocycles. The topological polar surface area (TPSA) is 94.1 Å². The molecule has 156 valence electrons. The lowest BCUT2D eigenvalue weighted by Crippen LogP contribution is -2.15. The van der Waals surface area contributed by atoms with E-state index in [0.29, 0.717) is 24.2 Å². The van der Waals surface area contributed by atoms with E-state index in [2.05, 4.69) is 41.8 Å². The van der Waals surface area contributed by atoms with Gasteiger partial charge in [-0.3, -0.25) is 9.97 Å². The van der Waals surface area contributed by atoms with Gasteiger partial charge < -0.3 is 0 Å². The fourth-order valence-corrected chi connectivity index (χ4v) is 3.43. The van der Waals surface area contributed by atoms with Gasteiger partial charge in [-0.25, -0.2) is 16.8 Å². The highest BCUT2D eigenvalue weighted by molar-refractivity contribution is 9.10. The molecule has 0 fully saturated rings. The summed E-state index contributed by atoms with van der Waals surface area (Å²) in [6.45, 7) is 3.12. The van der Waals surface area contributed by atoms with Crippen molar-refractivity contribution in [1.29, 1.82) is 0 Å². The SMILES string of the molecule is C[C@@H](Cc1ccc(Br)cn1)S(=O)(=O)Cl.C[C@H](Cc1ccc(Br)cn1)S(=O)(=O)Cl. The van der Waals surface area contributed by atoms with Gasteiger partial charge in [-0.05, 0) is 70.0 Å². The van der Waals surface area contributed by atoms with Crippen LogP contribution in [0.1, 0.15) is 25.2 Å². The number of aromatic nitrogens is 2. The Morgan fingerprint density at radius 2 is 1.11 bits per heavy atom. The molecule has 0 amide bonds. The molecule has 0 unspecified atom stereocenters. The second kappa shape index (κ2) is 11.2. The maximum absolute atomic E-state index is 10.9. The highest BCUT2D eigenvalue weighted by atomic mass is 79.9. The van der Waals surface area contributed by atoms with Crippen molar-refractivity contribution in [2.24, 2.45) is 0 Å². The predicted octanol–water partition coefficient (Wildman–Crippen LogP) is 4.69. The molecular formula is C16H18Br2Cl2N2O4S2. The zero-order valence-electron chi connectivity index (χ0n) is 14.9. The lowest BCUT2D eigenvalue weighted by molar-refractivity contribution is 0.595. The fourth-order valence-electron chi connectivity index (χ4n) is 1.84. The van der Waals surface area contributed by atoms with Crippen LogP contribution >= 0.6 is 53.2 Å². The summed E-state index contributed by atoms with van der Waals surface area (Å²) < 4.78 is 45.5.